The molecule has 0 unspecified atom stereocenters. The Hall–Kier alpha value is -2.67. The molecule has 2 N–H and O–H groups in total. The number of aliphatic imine (C=N–C) groups is 1. The fourth-order valence-electron chi connectivity index (χ4n) is 2.61. The minimum Gasteiger partial charge on any atom is -0.333 e. The number of benzene rings is 2. The summed E-state index contributed by atoms with van der Waals surface area (Å²) >= 11 is 0. The number of hydrogen-bond acceptors (Lipinski definition) is 5. The van der Waals surface area contributed by atoms with Crippen molar-refractivity contribution in [2.24, 2.45) is 4.99 Å². The molecule has 0 radical (unpaired) electrons. The Kier molecular flexibility index (Phi) is 5.37. The number of halogens is 1. The van der Waals surface area contributed by atoms with E-state index in [0.29, 0.717) is 18.9 Å². The Morgan fingerprint density at radius 2 is 1.73 bits per heavy atom. The summed E-state index contributed by atoms with van der Waals surface area (Å²) < 4.78 is 35.6. The minimum atomic E-state index is -3.04. The van der Waals surface area contributed by atoms with E-state index < -0.39 is 9.84 Å². The molecule has 3 rings (SSSR count). The summed E-state index contributed by atoms with van der Waals surface area (Å²) in [7, 11) is -3.04. The maximum absolute atomic E-state index is 12.9. The third-order valence-corrected chi connectivity index (χ3v) is 4.70. The molecule has 0 aliphatic carbocycles. The number of guanidine groups is 1. The lowest BCUT2D eigenvalue weighted by atomic mass is 10.1. The SMILES string of the molecule is CS(=O)(=O)Cc1ccc(NC2=NCC(Cc3ccc(F)cc3)=CN2)cc1. The zero-order valence-corrected chi connectivity index (χ0v) is 15.2. The smallest absolute Gasteiger partial charge is 0.200 e. The molecule has 1 aliphatic rings. The van der Waals surface area contributed by atoms with Gasteiger partial charge < -0.3 is 10.6 Å². The molecule has 0 aromatic heterocycles. The van der Waals surface area contributed by atoms with Crippen molar-refractivity contribution in [2.75, 3.05) is 18.1 Å². The highest BCUT2D eigenvalue weighted by atomic mass is 32.2. The summed E-state index contributed by atoms with van der Waals surface area (Å²) in [5.74, 6) is 0.419. The topological polar surface area (TPSA) is 70.6 Å². The molecule has 5 nitrogen and oxygen atoms in total. The molecule has 2 aromatic rings. The second-order valence-corrected chi connectivity index (χ2v) is 8.45. The lowest BCUT2D eigenvalue weighted by Gasteiger charge is -2.16. The van der Waals surface area contributed by atoms with Crippen LogP contribution in [0, 0.1) is 5.82 Å². The van der Waals surface area contributed by atoms with E-state index in [9.17, 15) is 12.8 Å². The van der Waals surface area contributed by atoms with Crippen molar-refractivity contribution in [1.29, 1.82) is 0 Å². The summed E-state index contributed by atoms with van der Waals surface area (Å²) in [5, 5.41) is 6.27. The average molecular weight is 373 g/mol. The van der Waals surface area contributed by atoms with Crippen molar-refractivity contribution in [3.05, 3.63) is 77.2 Å². The van der Waals surface area contributed by atoms with Crippen molar-refractivity contribution in [1.82, 2.24) is 5.32 Å². The maximum atomic E-state index is 12.9. The van der Waals surface area contributed by atoms with Gasteiger partial charge in [-0.2, -0.15) is 0 Å². The van der Waals surface area contributed by atoms with Crippen LogP contribution in [0.1, 0.15) is 11.1 Å². The van der Waals surface area contributed by atoms with Crippen LogP contribution in [-0.2, 0) is 22.0 Å². The van der Waals surface area contributed by atoms with Crippen molar-refractivity contribution >= 4 is 21.5 Å². The van der Waals surface area contributed by atoms with Crippen molar-refractivity contribution in [3.8, 4) is 0 Å². The summed E-state index contributed by atoms with van der Waals surface area (Å²) in [6.45, 7) is 0.554. The van der Waals surface area contributed by atoms with Gasteiger partial charge >= 0.3 is 0 Å². The molecule has 0 saturated carbocycles. The van der Waals surface area contributed by atoms with Crippen LogP contribution in [-0.4, -0.2) is 27.2 Å². The summed E-state index contributed by atoms with van der Waals surface area (Å²) in [6.07, 6.45) is 3.83. The van der Waals surface area contributed by atoms with Gasteiger partial charge in [0, 0.05) is 18.1 Å². The molecule has 7 heteroatoms. The first-order valence-electron chi connectivity index (χ1n) is 8.14. The largest absolute Gasteiger partial charge is 0.333 e. The van der Waals surface area contributed by atoms with Gasteiger partial charge in [-0.15, -0.1) is 0 Å². The van der Waals surface area contributed by atoms with E-state index in [-0.39, 0.29) is 11.6 Å². The van der Waals surface area contributed by atoms with Gasteiger partial charge in [0.25, 0.3) is 0 Å². The number of anilines is 1. The number of nitrogens with zero attached hydrogens (tertiary/aromatic N) is 1. The predicted molar refractivity (Wildman–Crippen MR) is 102 cm³/mol. The third kappa shape index (κ3) is 5.42. The maximum Gasteiger partial charge on any atom is 0.200 e. The Bertz CT molecular complexity index is 934. The van der Waals surface area contributed by atoms with Gasteiger partial charge in [0.1, 0.15) is 5.82 Å². The first-order valence-corrected chi connectivity index (χ1v) is 10.2. The summed E-state index contributed by atoms with van der Waals surface area (Å²) in [5.41, 5.74) is 3.71. The monoisotopic (exact) mass is 373 g/mol. The first-order chi connectivity index (χ1) is 12.4. The van der Waals surface area contributed by atoms with Gasteiger partial charge in [-0.1, -0.05) is 24.3 Å². The molecule has 0 bridgehead atoms. The summed E-state index contributed by atoms with van der Waals surface area (Å²) in [6, 6.07) is 13.7. The zero-order valence-electron chi connectivity index (χ0n) is 14.4. The van der Waals surface area contributed by atoms with Crippen LogP contribution in [0.5, 0.6) is 0 Å². The van der Waals surface area contributed by atoms with Gasteiger partial charge in [-0.3, -0.25) is 0 Å². The van der Waals surface area contributed by atoms with Crippen LogP contribution in [0.15, 0.2) is 65.3 Å². The molecule has 0 saturated heterocycles. The lowest BCUT2D eigenvalue weighted by molar-refractivity contribution is 0.601. The predicted octanol–water partition coefficient (Wildman–Crippen LogP) is 2.87. The number of sulfone groups is 1. The van der Waals surface area contributed by atoms with E-state index in [1.165, 1.54) is 18.4 Å². The van der Waals surface area contributed by atoms with Gasteiger partial charge in [0.05, 0.1) is 12.3 Å². The molecular formula is C19H20FN3O2S. The third-order valence-electron chi connectivity index (χ3n) is 3.84. The highest BCUT2D eigenvalue weighted by Crippen LogP contribution is 2.14. The number of nitrogens with one attached hydrogen (secondary N) is 2. The average Bonchev–Trinajstić information content (AvgIpc) is 2.59. The van der Waals surface area contributed by atoms with Crippen molar-refractivity contribution < 1.29 is 12.8 Å². The molecule has 1 heterocycles. The summed E-state index contributed by atoms with van der Waals surface area (Å²) in [4.78, 5) is 4.46. The number of rotatable bonds is 5. The van der Waals surface area contributed by atoms with Crippen LogP contribution in [0.25, 0.3) is 0 Å². The van der Waals surface area contributed by atoms with Crippen molar-refractivity contribution in [3.63, 3.8) is 0 Å². The Morgan fingerprint density at radius 3 is 2.31 bits per heavy atom. The Labute approximate surface area is 152 Å². The van der Waals surface area contributed by atoms with Gasteiger partial charge in [0.15, 0.2) is 15.8 Å². The standard InChI is InChI=1S/C19H20FN3O2S/c1-26(24,25)13-15-4-8-18(9-5-15)23-19-21-11-16(12-22-19)10-14-2-6-17(20)7-3-14/h2-9,11H,10,12-13H2,1H3,(H2,21,22,23). The highest BCUT2D eigenvalue weighted by Gasteiger charge is 2.09. The zero-order chi connectivity index (χ0) is 18.6. The van der Waals surface area contributed by atoms with Crippen LogP contribution < -0.4 is 10.6 Å². The molecule has 2 aromatic carbocycles. The minimum absolute atomic E-state index is 0.0297. The fraction of sp³-hybridized carbons (Fsp3) is 0.211. The van der Waals surface area contributed by atoms with E-state index in [4.69, 9.17) is 0 Å². The first kappa shape index (κ1) is 18.1. The molecule has 0 fully saturated rings. The van der Waals surface area contributed by atoms with Crippen LogP contribution in [0.2, 0.25) is 0 Å². The molecular weight excluding hydrogens is 353 g/mol. The van der Waals surface area contributed by atoms with Gasteiger partial charge in [-0.05, 0) is 47.4 Å². The van der Waals surface area contributed by atoms with Gasteiger partial charge in [0.2, 0.25) is 0 Å². The van der Waals surface area contributed by atoms with E-state index in [1.807, 2.05) is 18.3 Å². The molecule has 1 aliphatic heterocycles. The molecule has 26 heavy (non-hydrogen) atoms. The second-order valence-electron chi connectivity index (χ2n) is 6.31. The molecule has 0 spiro atoms. The Morgan fingerprint density at radius 1 is 1.08 bits per heavy atom. The van der Waals surface area contributed by atoms with Crippen molar-refractivity contribution in [2.45, 2.75) is 12.2 Å². The second kappa shape index (κ2) is 7.70. The molecule has 0 amide bonds. The van der Waals surface area contributed by atoms with E-state index >= 15 is 0 Å². The van der Waals surface area contributed by atoms with Crippen LogP contribution >= 0.6 is 0 Å². The Balaban J connectivity index is 1.54. The van der Waals surface area contributed by atoms with Gasteiger partial charge in [-0.25, -0.2) is 17.8 Å². The highest BCUT2D eigenvalue weighted by molar-refractivity contribution is 7.89. The molecule has 0 atom stereocenters. The van der Waals surface area contributed by atoms with E-state index in [1.54, 1.807) is 24.3 Å². The van der Waals surface area contributed by atoms with Crippen LogP contribution in [0.3, 0.4) is 0 Å². The van der Waals surface area contributed by atoms with Crippen LogP contribution in [0.4, 0.5) is 10.1 Å². The fourth-order valence-corrected chi connectivity index (χ4v) is 3.41. The lowest BCUT2D eigenvalue weighted by Crippen LogP contribution is -2.30. The van der Waals surface area contributed by atoms with E-state index in [0.717, 1.165) is 22.4 Å². The normalized spacial score (nSPS) is 14.2. The van der Waals surface area contributed by atoms with E-state index in [2.05, 4.69) is 15.6 Å². The number of hydrogen-bond donors (Lipinski definition) is 2. The quantitative estimate of drug-likeness (QED) is 0.846. The molecule has 136 valence electrons.